The van der Waals surface area contributed by atoms with Crippen LogP contribution in [-0.4, -0.2) is 18.7 Å². The Hall–Kier alpha value is -1.84. The number of carbonyl (C=O) groups excluding carboxylic acids is 1. The van der Waals surface area contributed by atoms with Gasteiger partial charge in [-0.15, -0.1) is 0 Å². The largest absolute Gasteiger partial charge is 0.494 e. The Kier molecular flexibility index (Phi) is 12.3. The summed E-state index contributed by atoms with van der Waals surface area (Å²) in [5, 5.41) is 4.01. The fourth-order valence-corrected chi connectivity index (χ4v) is 2.65. The molecule has 0 unspecified atom stereocenters. The smallest absolute Gasteiger partial charge is 0.240 e. The maximum atomic E-state index is 11.7. The third-order valence-electron chi connectivity index (χ3n) is 4.10. The second-order valence-electron chi connectivity index (χ2n) is 6.37. The number of benzene rings is 1. The molecule has 0 atom stereocenters. The maximum absolute atomic E-state index is 11.7. The highest BCUT2D eigenvalue weighted by atomic mass is 16.5. The van der Waals surface area contributed by atoms with Gasteiger partial charge in [0, 0.05) is 6.42 Å². The van der Waals surface area contributed by atoms with Gasteiger partial charge in [-0.05, 0) is 43.2 Å². The third-order valence-corrected chi connectivity index (χ3v) is 4.10. The zero-order valence-electron chi connectivity index (χ0n) is 15.9. The molecule has 1 rings (SSSR count). The van der Waals surface area contributed by atoms with Gasteiger partial charge >= 0.3 is 0 Å². The molecule has 25 heavy (non-hydrogen) atoms. The summed E-state index contributed by atoms with van der Waals surface area (Å²) in [4.78, 5) is 11.7. The van der Waals surface area contributed by atoms with Gasteiger partial charge in [0.25, 0.3) is 0 Å². The van der Waals surface area contributed by atoms with Crippen molar-refractivity contribution in [1.82, 2.24) is 5.43 Å². The molecule has 140 valence electrons. The second kappa shape index (κ2) is 14.5. The van der Waals surface area contributed by atoms with Crippen LogP contribution in [0.2, 0.25) is 0 Å². The van der Waals surface area contributed by atoms with E-state index in [4.69, 9.17) is 4.74 Å². The predicted octanol–water partition coefficient (Wildman–Crippen LogP) is 5.46. The predicted molar refractivity (Wildman–Crippen MR) is 105 cm³/mol. The number of hydrazone groups is 1. The molecule has 0 radical (unpaired) electrons. The van der Waals surface area contributed by atoms with Crippen LogP contribution in [0, 0.1) is 0 Å². The van der Waals surface area contributed by atoms with Crippen LogP contribution in [0.25, 0.3) is 0 Å². The molecule has 0 heterocycles. The number of nitrogens with zero attached hydrogens (tertiary/aromatic N) is 1. The average Bonchev–Trinajstić information content (AvgIpc) is 2.62. The first-order valence-corrected chi connectivity index (χ1v) is 9.81. The summed E-state index contributed by atoms with van der Waals surface area (Å²) in [5.74, 6) is 0.833. The van der Waals surface area contributed by atoms with E-state index in [-0.39, 0.29) is 5.91 Å². The average molecular weight is 347 g/mol. The first-order valence-electron chi connectivity index (χ1n) is 9.81. The Labute approximate surface area is 153 Å². The van der Waals surface area contributed by atoms with Gasteiger partial charge in [-0.3, -0.25) is 4.79 Å². The van der Waals surface area contributed by atoms with Crippen LogP contribution < -0.4 is 10.2 Å². The first-order chi connectivity index (χ1) is 12.3. The number of hydrogen-bond donors (Lipinski definition) is 1. The lowest BCUT2D eigenvalue weighted by Crippen LogP contribution is -2.16. The van der Waals surface area contributed by atoms with Crippen LogP contribution in [0.5, 0.6) is 5.75 Å². The molecule has 0 aliphatic heterocycles. The van der Waals surface area contributed by atoms with Gasteiger partial charge in [-0.25, -0.2) is 5.43 Å². The maximum Gasteiger partial charge on any atom is 0.240 e. The summed E-state index contributed by atoms with van der Waals surface area (Å²) in [5.41, 5.74) is 3.53. The van der Waals surface area contributed by atoms with E-state index in [1.165, 1.54) is 44.9 Å². The van der Waals surface area contributed by atoms with E-state index in [2.05, 4.69) is 17.5 Å². The van der Waals surface area contributed by atoms with Crippen molar-refractivity contribution in [3.8, 4) is 5.75 Å². The van der Waals surface area contributed by atoms with E-state index in [9.17, 15) is 4.79 Å². The zero-order valence-corrected chi connectivity index (χ0v) is 15.9. The van der Waals surface area contributed by atoms with E-state index >= 15 is 0 Å². The molecular formula is C21H34N2O2. The van der Waals surface area contributed by atoms with Crippen molar-refractivity contribution in [1.29, 1.82) is 0 Å². The highest BCUT2D eigenvalue weighted by Crippen LogP contribution is 2.11. The lowest BCUT2D eigenvalue weighted by Gasteiger charge is -2.03. The molecule has 1 amide bonds. The van der Waals surface area contributed by atoms with Crippen LogP contribution in [0.4, 0.5) is 0 Å². The molecule has 0 aromatic heterocycles. The zero-order chi connectivity index (χ0) is 18.2. The van der Waals surface area contributed by atoms with Crippen LogP contribution in [0.1, 0.15) is 83.6 Å². The van der Waals surface area contributed by atoms with Crippen LogP contribution >= 0.6 is 0 Å². The Morgan fingerprint density at radius 2 is 1.56 bits per heavy atom. The molecule has 4 nitrogen and oxygen atoms in total. The lowest BCUT2D eigenvalue weighted by atomic mass is 10.1. The summed E-state index contributed by atoms with van der Waals surface area (Å²) < 4.78 is 5.39. The minimum absolute atomic E-state index is 0.00914. The van der Waals surface area contributed by atoms with Gasteiger partial charge in [-0.2, -0.15) is 5.10 Å². The number of hydrogen-bond acceptors (Lipinski definition) is 3. The number of carbonyl (C=O) groups is 1. The molecule has 0 aliphatic rings. The first kappa shape index (κ1) is 21.2. The van der Waals surface area contributed by atoms with Gasteiger partial charge in [-0.1, -0.05) is 58.3 Å². The van der Waals surface area contributed by atoms with Crippen molar-refractivity contribution in [3.63, 3.8) is 0 Å². The molecule has 1 N–H and O–H groups in total. The van der Waals surface area contributed by atoms with Crippen LogP contribution in [0.15, 0.2) is 29.4 Å². The van der Waals surface area contributed by atoms with Crippen molar-refractivity contribution in [2.75, 3.05) is 6.61 Å². The van der Waals surface area contributed by atoms with E-state index in [0.717, 1.165) is 24.2 Å². The quantitative estimate of drug-likeness (QED) is 0.276. The van der Waals surface area contributed by atoms with Gasteiger partial charge in [0.05, 0.1) is 12.8 Å². The van der Waals surface area contributed by atoms with Crippen molar-refractivity contribution in [2.45, 2.75) is 78.1 Å². The third kappa shape index (κ3) is 11.4. The van der Waals surface area contributed by atoms with Crippen molar-refractivity contribution in [3.05, 3.63) is 29.8 Å². The topological polar surface area (TPSA) is 50.7 Å². The SMILES string of the molecule is CCCCCCCCCCCC(=O)NN=Cc1ccc(OCC)cc1. The Morgan fingerprint density at radius 1 is 0.960 bits per heavy atom. The van der Waals surface area contributed by atoms with Crippen LogP contribution in [0.3, 0.4) is 0 Å². The molecule has 4 heteroatoms. The van der Waals surface area contributed by atoms with Crippen LogP contribution in [-0.2, 0) is 4.79 Å². The highest BCUT2D eigenvalue weighted by Gasteiger charge is 1.99. The summed E-state index contributed by atoms with van der Waals surface area (Å²) in [6.07, 6.45) is 13.5. The minimum Gasteiger partial charge on any atom is -0.494 e. The van der Waals surface area contributed by atoms with Crippen molar-refractivity contribution in [2.24, 2.45) is 5.10 Å². The molecule has 1 aromatic carbocycles. The Morgan fingerprint density at radius 3 is 2.16 bits per heavy atom. The summed E-state index contributed by atoms with van der Waals surface area (Å²) in [7, 11) is 0. The molecule has 0 aliphatic carbocycles. The molecule has 0 fully saturated rings. The molecule has 0 spiro atoms. The van der Waals surface area contributed by atoms with E-state index in [1.807, 2.05) is 31.2 Å². The standard InChI is InChI=1S/C21H34N2O2/c1-3-5-6-7-8-9-10-11-12-13-21(24)23-22-18-19-14-16-20(17-15-19)25-4-2/h14-18H,3-13H2,1-2H3,(H,23,24). The molecule has 0 bridgehead atoms. The Bertz CT molecular complexity index is 483. The van der Waals surface area contributed by atoms with Crippen molar-refractivity contribution < 1.29 is 9.53 Å². The number of rotatable bonds is 14. The molecule has 0 saturated carbocycles. The number of amides is 1. The fourth-order valence-electron chi connectivity index (χ4n) is 2.65. The van der Waals surface area contributed by atoms with E-state index < -0.39 is 0 Å². The van der Waals surface area contributed by atoms with Gasteiger partial charge in [0.2, 0.25) is 5.91 Å². The monoisotopic (exact) mass is 346 g/mol. The summed E-state index contributed by atoms with van der Waals surface area (Å²) >= 11 is 0. The second-order valence-corrected chi connectivity index (χ2v) is 6.37. The van der Waals surface area contributed by atoms with Gasteiger partial charge < -0.3 is 4.74 Å². The number of nitrogens with one attached hydrogen (secondary N) is 1. The number of unbranched alkanes of at least 4 members (excludes halogenated alkanes) is 8. The summed E-state index contributed by atoms with van der Waals surface area (Å²) in [6, 6.07) is 7.63. The highest BCUT2D eigenvalue weighted by molar-refractivity contribution is 5.82. The number of ether oxygens (including phenoxy) is 1. The lowest BCUT2D eigenvalue weighted by molar-refractivity contribution is -0.121. The molecular weight excluding hydrogens is 312 g/mol. The minimum atomic E-state index is -0.00914. The molecule has 0 saturated heterocycles. The van der Waals surface area contributed by atoms with Gasteiger partial charge in [0.1, 0.15) is 5.75 Å². The van der Waals surface area contributed by atoms with Crippen molar-refractivity contribution >= 4 is 12.1 Å². The van der Waals surface area contributed by atoms with Gasteiger partial charge in [0.15, 0.2) is 0 Å². The summed E-state index contributed by atoms with van der Waals surface area (Å²) in [6.45, 7) is 4.86. The Balaban J connectivity index is 2.04. The fraction of sp³-hybridized carbons (Fsp3) is 0.619. The van der Waals surface area contributed by atoms with E-state index in [1.54, 1.807) is 6.21 Å². The molecule has 1 aromatic rings. The normalized spacial score (nSPS) is 11.0. The van der Waals surface area contributed by atoms with E-state index in [0.29, 0.717) is 13.0 Å².